The largest absolute Gasteiger partial charge is 0.460 e. The number of aliphatic hydroxyl groups is 10. The third kappa shape index (κ3) is 7.08. The Labute approximate surface area is 253 Å². The van der Waals surface area contributed by atoms with Gasteiger partial charge in [-0.3, -0.25) is 10.1 Å². The molecule has 250 valence electrons. The average molecular weight is 660 g/mol. The molecule has 0 radical (unpaired) electrons. The minimum atomic E-state index is -1.98. The fourth-order valence-electron chi connectivity index (χ4n) is 4.96. The Morgan fingerprint density at radius 1 is 0.682 bits per heavy atom. The molecule has 0 spiro atoms. The molecule has 1 aromatic carbocycles. The van der Waals surface area contributed by atoms with Crippen LogP contribution < -0.4 is 4.74 Å². The molecule has 20 heteroatoms. The van der Waals surface area contributed by atoms with Crippen molar-refractivity contribution in [2.24, 2.45) is 0 Å². The van der Waals surface area contributed by atoms with Crippen molar-refractivity contribution in [3.8, 4) is 5.75 Å². The molecule has 1 aromatic rings. The second kappa shape index (κ2) is 14.7. The van der Waals surface area contributed by atoms with E-state index in [2.05, 4.69) is 0 Å². The molecule has 3 aliphatic rings. The highest BCUT2D eigenvalue weighted by Crippen LogP contribution is 2.35. The van der Waals surface area contributed by atoms with E-state index in [0.717, 1.165) is 18.2 Å². The molecule has 0 aromatic heterocycles. The molecule has 0 bridgehead atoms. The molecule has 4 rings (SSSR count). The number of nitro groups is 1. The molecule has 0 amide bonds. The van der Waals surface area contributed by atoms with Crippen LogP contribution in [0.3, 0.4) is 0 Å². The van der Waals surface area contributed by atoms with E-state index in [1.165, 1.54) is 0 Å². The first-order chi connectivity index (χ1) is 20.8. The van der Waals surface area contributed by atoms with Crippen LogP contribution >= 0.6 is 11.6 Å². The van der Waals surface area contributed by atoms with Gasteiger partial charge in [-0.25, -0.2) is 0 Å². The Morgan fingerprint density at radius 3 is 1.61 bits per heavy atom. The monoisotopic (exact) mass is 659 g/mol. The number of halogens is 1. The number of benzene rings is 1. The summed E-state index contributed by atoms with van der Waals surface area (Å²) in [5.74, 6) is -0.157. The molecule has 44 heavy (non-hydrogen) atoms. The van der Waals surface area contributed by atoms with Crippen molar-refractivity contribution in [3.63, 3.8) is 0 Å². The van der Waals surface area contributed by atoms with E-state index in [1.807, 2.05) is 0 Å². The molecular weight excluding hydrogens is 626 g/mol. The molecule has 3 saturated heterocycles. The van der Waals surface area contributed by atoms with Gasteiger partial charge >= 0.3 is 0 Å². The molecule has 15 atom stereocenters. The van der Waals surface area contributed by atoms with Gasteiger partial charge in [0.2, 0.25) is 6.29 Å². The molecule has 19 nitrogen and oxygen atoms in total. The van der Waals surface area contributed by atoms with E-state index >= 15 is 0 Å². The van der Waals surface area contributed by atoms with Gasteiger partial charge in [0.05, 0.1) is 29.8 Å². The number of ether oxygens (including phenoxy) is 6. The predicted octanol–water partition coefficient (Wildman–Crippen LogP) is -4.92. The second-order valence-corrected chi connectivity index (χ2v) is 10.7. The van der Waals surface area contributed by atoms with Crippen molar-refractivity contribution < 1.29 is 84.4 Å². The number of hydrogen-bond donors (Lipinski definition) is 10. The Bertz CT molecular complexity index is 1110. The van der Waals surface area contributed by atoms with Crippen molar-refractivity contribution in [2.45, 2.75) is 92.1 Å². The summed E-state index contributed by atoms with van der Waals surface area (Å²) >= 11 is 6.01. The summed E-state index contributed by atoms with van der Waals surface area (Å²) in [6, 6.07) is 3.18. The zero-order chi connectivity index (χ0) is 32.5. The summed E-state index contributed by atoms with van der Waals surface area (Å²) in [6.07, 6.45) is -25.9. The van der Waals surface area contributed by atoms with Crippen LogP contribution in [0.5, 0.6) is 5.75 Å². The maximum atomic E-state index is 10.9. The van der Waals surface area contributed by atoms with Crippen LogP contribution in [0.4, 0.5) is 5.69 Å². The van der Waals surface area contributed by atoms with Gasteiger partial charge < -0.3 is 79.5 Å². The summed E-state index contributed by atoms with van der Waals surface area (Å²) in [7, 11) is 0. The lowest BCUT2D eigenvalue weighted by Gasteiger charge is -2.48. The van der Waals surface area contributed by atoms with Crippen LogP contribution in [-0.2, 0) is 23.7 Å². The van der Waals surface area contributed by atoms with E-state index in [4.69, 9.17) is 40.0 Å². The first-order valence-electron chi connectivity index (χ1n) is 13.3. The van der Waals surface area contributed by atoms with E-state index < -0.39 is 117 Å². The fraction of sp³-hybridized carbons (Fsp3) is 0.750. The second-order valence-electron chi connectivity index (χ2n) is 10.3. The van der Waals surface area contributed by atoms with Crippen molar-refractivity contribution in [3.05, 3.63) is 33.3 Å². The van der Waals surface area contributed by atoms with Gasteiger partial charge in [0.15, 0.2) is 12.6 Å². The van der Waals surface area contributed by atoms with Crippen molar-refractivity contribution in [2.75, 3.05) is 19.8 Å². The topological polar surface area (TPSA) is 301 Å². The normalized spacial score (nSPS) is 43.0. The van der Waals surface area contributed by atoms with Crippen LogP contribution in [0, 0.1) is 10.1 Å². The Hall–Kier alpha value is -1.89. The van der Waals surface area contributed by atoms with Crippen LogP contribution in [0.1, 0.15) is 0 Å². The summed E-state index contributed by atoms with van der Waals surface area (Å²) in [6.45, 7) is -2.47. The Morgan fingerprint density at radius 2 is 1.14 bits per heavy atom. The number of aliphatic hydroxyl groups excluding tert-OH is 10. The molecule has 3 fully saturated rings. The van der Waals surface area contributed by atoms with E-state index in [9.17, 15) is 61.2 Å². The summed E-state index contributed by atoms with van der Waals surface area (Å²) < 4.78 is 32.8. The van der Waals surface area contributed by atoms with E-state index in [1.54, 1.807) is 0 Å². The number of hydrogen-bond acceptors (Lipinski definition) is 18. The van der Waals surface area contributed by atoms with Gasteiger partial charge in [-0.05, 0) is 6.07 Å². The number of nitro benzene ring substituents is 1. The molecular formula is C24H34ClNO18. The predicted molar refractivity (Wildman–Crippen MR) is 138 cm³/mol. The molecule has 0 aliphatic carbocycles. The van der Waals surface area contributed by atoms with Gasteiger partial charge in [-0.1, -0.05) is 11.6 Å². The van der Waals surface area contributed by atoms with Crippen LogP contribution in [0.15, 0.2) is 18.2 Å². The highest BCUT2D eigenvalue weighted by atomic mass is 35.5. The van der Waals surface area contributed by atoms with Crippen LogP contribution in [-0.4, -0.2) is 168 Å². The summed E-state index contributed by atoms with van der Waals surface area (Å²) in [5.41, 5.74) is -0.343. The van der Waals surface area contributed by atoms with Crippen molar-refractivity contribution in [1.29, 1.82) is 0 Å². The number of nitrogens with zero attached hydrogens (tertiary/aromatic N) is 1. The third-order valence-corrected chi connectivity index (χ3v) is 7.74. The maximum Gasteiger partial charge on any atom is 0.271 e. The molecule has 3 aliphatic heterocycles. The molecule has 0 saturated carbocycles. The van der Waals surface area contributed by atoms with E-state index in [0.29, 0.717) is 0 Å². The van der Waals surface area contributed by atoms with Crippen LogP contribution in [0.25, 0.3) is 0 Å². The van der Waals surface area contributed by atoms with Crippen molar-refractivity contribution in [1.82, 2.24) is 0 Å². The smallest absolute Gasteiger partial charge is 0.271 e. The van der Waals surface area contributed by atoms with Gasteiger partial charge in [-0.2, -0.15) is 0 Å². The first kappa shape index (κ1) is 35.0. The Balaban J connectivity index is 1.44. The molecule has 1 unspecified atom stereocenters. The standard InChI is InChI=1S/C24H34ClNO18/c25-8-3-7(26(37)38)1-2-9(8)39-22-18(35)15(32)20(11(5-28)41-22)44-24-19(36)16(33)21(12(6-29)42-24)43-23-17(34)14(31)13(30)10(4-27)40-23/h1-3,10-24,27-36H,4-6H2/t10-,11-,12-,13+,14+,15-,16-,17-,18-,19-,20-,21-,22?,23+,24-/m1/s1. The lowest BCUT2D eigenvalue weighted by atomic mass is 9.96. The average Bonchev–Trinajstić information content (AvgIpc) is 3.00. The minimum absolute atomic E-state index is 0.157. The Kier molecular flexibility index (Phi) is 11.7. The fourth-order valence-corrected chi connectivity index (χ4v) is 5.18. The van der Waals surface area contributed by atoms with E-state index in [-0.39, 0.29) is 16.5 Å². The third-order valence-electron chi connectivity index (χ3n) is 7.44. The maximum absolute atomic E-state index is 10.9. The molecule has 10 N–H and O–H groups in total. The minimum Gasteiger partial charge on any atom is -0.460 e. The van der Waals surface area contributed by atoms with Gasteiger partial charge in [0, 0.05) is 12.1 Å². The number of non-ortho nitro benzene ring substituents is 1. The zero-order valence-electron chi connectivity index (χ0n) is 22.6. The lowest BCUT2D eigenvalue weighted by Crippen LogP contribution is -2.66. The first-order valence-corrected chi connectivity index (χ1v) is 13.7. The molecule has 3 heterocycles. The number of rotatable bonds is 10. The SMILES string of the molecule is O=[N+]([O-])c1ccc(OC2O[C@H](CO)[C@@H](O[C@H]3O[C@H](CO)[C@@H](O[C@@H]4O[C@H](CO)[C@H](O)[C@H](O)[C@H]4O)[C@H](O)[C@H]3O)[C@H](O)[C@H]2O)c(Cl)c1. The highest BCUT2D eigenvalue weighted by molar-refractivity contribution is 6.32. The van der Waals surface area contributed by atoms with Gasteiger partial charge in [0.1, 0.15) is 79.0 Å². The van der Waals surface area contributed by atoms with Gasteiger partial charge in [0.25, 0.3) is 5.69 Å². The summed E-state index contributed by atoms with van der Waals surface area (Å²) in [5, 5.41) is 113. The highest BCUT2D eigenvalue weighted by Gasteiger charge is 2.53. The quantitative estimate of drug-likeness (QED) is 0.0831. The van der Waals surface area contributed by atoms with Gasteiger partial charge in [-0.15, -0.1) is 0 Å². The summed E-state index contributed by atoms with van der Waals surface area (Å²) in [4.78, 5) is 10.2. The van der Waals surface area contributed by atoms with Crippen molar-refractivity contribution >= 4 is 17.3 Å². The zero-order valence-corrected chi connectivity index (χ0v) is 23.3. The van der Waals surface area contributed by atoms with Crippen LogP contribution in [0.2, 0.25) is 5.02 Å². The lowest BCUT2D eigenvalue weighted by molar-refractivity contribution is -0.384.